The molecular formula is C30H36N2O7. The van der Waals surface area contributed by atoms with Crippen LogP contribution in [0.1, 0.15) is 64.2 Å². The van der Waals surface area contributed by atoms with Crippen molar-refractivity contribution >= 4 is 16.9 Å². The van der Waals surface area contributed by atoms with Gasteiger partial charge in [-0.1, -0.05) is 25.0 Å². The van der Waals surface area contributed by atoms with E-state index >= 15 is 0 Å². The average molecular weight is 537 g/mol. The normalized spacial score (nSPS) is 26.0. The van der Waals surface area contributed by atoms with E-state index in [-0.39, 0.29) is 35.1 Å². The number of aromatic hydroxyl groups is 1. The Bertz CT molecular complexity index is 1450. The number of esters is 1. The van der Waals surface area contributed by atoms with Gasteiger partial charge in [-0.2, -0.15) is 0 Å². The van der Waals surface area contributed by atoms with Crippen molar-refractivity contribution in [1.82, 2.24) is 5.32 Å². The third kappa shape index (κ3) is 4.63. The van der Waals surface area contributed by atoms with E-state index in [9.17, 15) is 19.8 Å². The zero-order chi connectivity index (χ0) is 27.9. The first-order valence-electron chi connectivity index (χ1n) is 13.4. The number of dihydropyridines is 1. The number of carbonyl (C=O) groups excluding carboxylic acids is 1. The van der Waals surface area contributed by atoms with E-state index in [4.69, 9.17) is 19.6 Å². The van der Waals surface area contributed by atoms with Crippen LogP contribution in [0.3, 0.4) is 0 Å². The largest absolute Gasteiger partial charge is 0.507 e. The molecule has 1 aromatic heterocycles. The minimum atomic E-state index is -0.969. The van der Waals surface area contributed by atoms with E-state index in [0.29, 0.717) is 23.3 Å². The summed E-state index contributed by atoms with van der Waals surface area (Å²) in [5.74, 6) is -0.252. The lowest BCUT2D eigenvalue weighted by Crippen LogP contribution is -2.61. The van der Waals surface area contributed by atoms with Crippen molar-refractivity contribution < 1.29 is 28.9 Å². The van der Waals surface area contributed by atoms with Crippen molar-refractivity contribution in [2.45, 2.75) is 83.8 Å². The Kier molecular flexibility index (Phi) is 7.07. The van der Waals surface area contributed by atoms with Crippen molar-refractivity contribution in [3.05, 3.63) is 69.3 Å². The van der Waals surface area contributed by atoms with E-state index < -0.39 is 35.1 Å². The van der Waals surface area contributed by atoms with Crippen LogP contribution in [0.15, 0.2) is 56.9 Å². The Balaban J connectivity index is 1.65. The molecule has 1 aromatic carbocycles. The number of aliphatic hydroxyl groups is 1. The van der Waals surface area contributed by atoms with Crippen LogP contribution in [-0.2, 0) is 22.6 Å². The Hall–Kier alpha value is -3.56. The fraction of sp³-hybridized carbons (Fsp3) is 0.467. The van der Waals surface area contributed by atoms with Gasteiger partial charge in [0.25, 0.3) is 0 Å². The third-order valence-corrected chi connectivity index (χ3v) is 8.73. The maximum Gasteiger partial charge on any atom is 0.333 e. The third-order valence-electron chi connectivity index (χ3n) is 8.73. The van der Waals surface area contributed by atoms with Gasteiger partial charge in [0, 0.05) is 41.3 Å². The molecule has 0 bridgehead atoms. The predicted molar refractivity (Wildman–Crippen MR) is 146 cm³/mol. The number of nitrogens with one attached hydrogen (secondary N) is 1. The number of hydrogen-bond acceptors (Lipinski definition) is 9. The number of nitrogens with two attached hydrogens (primary N) is 1. The first-order valence-corrected chi connectivity index (χ1v) is 13.4. The summed E-state index contributed by atoms with van der Waals surface area (Å²) in [5, 5.41) is 23.9. The lowest BCUT2D eigenvalue weighted by molar-refractivity contribution is -0.177. The number of hydrogen-bond donors (Lipinski definition) is 4. The highest BCUT2D eigenvalue weighted by atomic mass is 16.6. The van der Waals surface area contributed by atoms with E-state index in [1.807, 2.05) is 25.3 Å². The fourth-order valence-corrected chi connectivity index (χ4v) is 6.29. The second-order valence-corrected chi connectivity index (χ2v) is 11.0. The first kappa shape index (κ1) is 27.0. The van der Waals surface area contributed by atoms with E-state index in [1.54, 1.807) is 26.0 Å². The number of phenolic OH excluding ortho intramolecular Hbond substituents is 1. The molecule has 1 aliphatic carbocycles. The summed E-state index contributed by atoms with van der Waals surface area (Å²) in [7, 11) is 0. The van der Waals surface area contributed by atoms with Crippen molar-refractivity contribution in [3.8, 4) is 11.5 Å². The molecule has 9 heteroatoms. The van der Waals surface area contributed by atoms with Crippen LogP contribution in [0.2, 0.25) is 0 Å². The molecule has 0 radical (unpaired) electrons. The Morgan fingerprint density at radius 1 is 1.31 bits per heavy atom. The van der Waals surface area contributed by atoms with Crippen molar-refractivity contribution in [2.75, 3.05) is 0 Å². The summed E-state index contributed by atoms with van der Waals surface area (Å²) >= 11 is 0. The van der Waals surface area contributed by atoms with Crippen molar-refractivity contribution in [2.24, 2.45) is 11.1 Å². The number of ether oxygens (including phenoxy) is 2. The number of rotatable bonds is 6. The molecule has 1 fully saturated rings. The van der Waals surface area contributed by atoms with Crippen LogP contribution in [0.5, 0.6) is 11.5 Å². The van der Waals surface area contributed by atoms with Gasteiger partial charge >= 0.3 is 5.97 Å². The zero-order valence-electron chi connectivity index (χ0n) is 22.6. The molecule has 3 unspecified atom stereocenters. The summed E-state index contributed by atoms with van der Waals surface area (Å²) in [6.45, 7) is 5.01. The van der Waals surface area contributed by atoms with Crippen LogP contribution in [0, 0.1) is 5.41 Å². The van der Waals surface area contributed by atoms with Crippen LogP contribution in [-0.4, -0.2) is 34.1 Å². The summed E-state index contributed by atoms with van der Waals surface area (Å²) in [6, 6.07) is 2.76. The maximum atomic E-state index is 13.1. The van der Waals surface area contributed by atoms with Crippen LogP contribution in [0.4, 0.5) is 0 Å². The average Bonchev–Trinajstić information content (AvgIpc) is 3.40. The fourth-order valence-electron chi connectivity index (χ4n) is 6.29. The van der Waals surface area contributed by atoms with Gasteiger partial charge in [0.1, 0.15) is 46.5 Å². The molecule has 3 atom stereocenters. The van der Waals surface area contributed by atoms with Gasteiger partial charge in [0.2, 0.25) is 0 Å². The molecule has 5 N–H and O–H groups in total. The smallest absolute Gasteiger partial charge is 0.333 e. The molecule has 2 aromatic rings. The quantitative estimate of drug-likeness (QED) is 0.320. The molecule has 5 rings (SSSR count). The number of allylic oxidation sites excluding steroid dienone is 3. The molecule has 9 nitrogen and oxygen atoms in total. The lowest BCUT2D eigenvalue weighted by atomic mass is 9.63. The number of benzene rings is 1. The molecule has 3 aliphatic rings. The Morgan fingerprint density at radius 3 is 2.69 bits per heavy atom. The van der Waals surface area contributed by atoms with Crippen LogP contribution < -0.4 is 21.2 Å². The van der Waals surface area contributed by atoms with Gasteiger partial charge in [0.15, 0.2) is 5.43 Å². The number of carbonyl (C=O) groups is 1. The lowest BCUT2D eigenvalue weighted by Gasteiger charge is -2.52. The van der Waals surface area contributed by atoms with E-state index in [1.165, 1.54) is 0 Å². The molecule has 1 saturated carbocycles. The molecule has 2 aliphatic heterocycles. The monoisotopic (exact) mass is 536 g/mol. The second kappa shape index (κ2) is 10.2. The summed E-state index contributed by atoms with van der Waals surface area (Å²) in [6.07, 6.45) is 11.1. The summed E-state index contributed by atoms with van der Waals surface area (Å²) in [4.78, 5) is 25.9. The van der Waals surface area contributed by atoms with Gasteiger partial charge in [-0.25, -0.2) is 4.79 Å². The highest BCUT2D eigenvalue weighted by Gasteiger charge is 2.59. The van der Waals surface area contributed by atoms with Crippen LogP contribution >= 0.6 is 0 Å². The molecule has 0 spiro atoms. The highest BCUT2D eigenvalue weighted by molar-refractivity contribution is 5.88. The summed E-state index contributed by atoms with van der Waals surface area (Å²) < 4.78 is 18.7. The Morgan fingerprint density at radius 2 is 2.05 bits per heavy atom. The van der Waals surface area contributed by atoms with Gasteiger partial charge in [-0.15, -0.1) is 0 Å². The minimum absolute atomic E-state index is 0.00311. The maximum absolute atomic E-state index is 13.1. The zero-order valence-corrected chi connectivity index (χ0v) is 22.6. The van der Waals surface area contributed by atoms with Gasteiger partial charge in [0.05, 0.1) is 6.17 Å². The first-order chi connectivity index (χ1) is 18.6. The predicted octanol–water partition coefficient (Wildman–Crippen LogP) is 3.84. The standard InChI is InChI=1S/C30H36N2O7/c1-4-17(2)28(36)38-24-12-20-22(13-23-26(27(20)35)21(34)11-19(16-33)37-23)39-29(24,3)30(9-5-6-10-30)14-18-7-8-25(31)32-15-18/h4,7-8,11,13,15,24-25,32-33,35H,5-6,9-10,12,14,16,31H2,1-3H3. The summed E-state index contributed by atoms with van der Waals surface area (Å²) in [5.41, 5.74) is 6.20. The van der Waals surface area contributed by atoms with Gasteiger partial charge < -0.3 is 35.2 Å². The topological polar surface area (TPSA) is 144 Å². The molecule has 3 heterocycles. The SMILES string of the molecule is CC=C(C)C(=O)OC1Cc2c(cc3oc(CO)cc(=O)c3c2O)OC1(C)C1(CC2=CNC(N)C=C2)CCCC1. The van der Waals surface area contributed by atoms with E-state index in [0.717, 1.165) is 37.3 Å². The molecular weight excluding hydrogens is 500 g/mol. The number of phenols is 1. The minimum Gasteiger partial charge on any atom is -0.507 e. The van der Waals surface area contributed by atoms with Crippen LogP contribution in [0.25, 0.3) is 11.0 Å². The Labute approximate surface area is 227 Å². The highest BCUT2D eigenvalue weighted by Crippen LogP contribution is 2.57. The van der Waals surface area contributed by atoms with Crippen molar-refractivity contribution in [1.29, 1.82) is 0 Å². The molecule has 0 saturated heterocycles. The molecule has 208 valence electrons. The van der Waals surface area contributed by atoms with Gasteiger partial charge in [-0.3, -0.25) is 4.79 Å². The number of fused-ring (bicyclic) bond motifs is 2. The van der Waals surface area contributed by atoms with Crippen molar-refractivity contribution in [3.63, 3.8) is 0 Å². The van der Waals surface area contributed by atoms with E-state index in [2.05, 4.69) is 5.32 Å². The second-order valence-electron chi connectivity index (χ2n) is 11.0. The molecule has 0 amide bonds. The molecule has 39 heavy (non-hydrogen) atoms. The number of aliphatic hydroxyl groups excluding tert-OH is 1. The van der Waals surface area contributed by atoms with Gasteiger partial charge in [-0.05, 0) is 51.7 Å².